The highest BCUT2D eigenvalue weighted by atomic mass is 15.0. The fourth-order valence-corrected chi connectivity index (χ4v) is 0.962. The molecule has 2 nitrogen and oxygen atoms in total. The number of allylic oxidation sites excluding steroid dienone is 1. The molecule has 0 amide bonds. The van der Waals surface area contributed by atoms with Crippen LogP contribution in [0, 0.1) is 0 Å². The van der Waals surface area contributed by atoms with Crippen molar-refractivity contribution >= 4 is 5.84 Å². The zero-order chi connectivity index (χ0) is 8.27. The SMILES string of the molecule is C=C/N=C1/NC=CC1=C(C)C. The van der Waals surface area contributed by atoms with Gasteiger partial charge in [-0.1, -0.05) is 12.2 Å². The van der Waals surface area contributed by atoms with Gasteiger partial charge in [-0.25, -0.2) is 4.99 Å². The molecule has 0 aliphatic carbocycles. The Morgan fingerprint density at radius 1 is 1.64 bits per heavy atom. The summed E-state index contributed by atoms with van der Waals surface area (Å²) >= 11 is 0. The topological polar surface area (TPSA) is 24.4 Å². The Balaban J connectivity index is 2.98. The molecule has 2 heteroatoms. The second kappa shape index (κ2) is 3.19. The van der Waals surface area contributed by atoms with E-state index in [1.165, 1.54) is 11.8 Å². The van der Waals surface area contributed by atoms with Gasteiger partial charge >= 0.3 is 0 Å². The zero-order valence-electron chi connectivity index (χ0n) is 6.89. The Hall–Kier alpha value is -1.31. The van der Waals surface area contributed by atoms with E-state index in [4.69, 9.17) is 0 Å². The molecule has 1 rings (SSSR count). The third-order valence-corrected chi connectivity index (χ3v) is 1.48. The first-order chi connectivity index (χ1) is 5.25. The first-order valence-corrected chi connectivity index (χ1v) is 3.55. The molecule has 0 aromatic rings. The Morgan fingerprint density at radius 2 is 2.36 bits per heavy atom. The van der Waals surface area contributed by atoms with Gasteiger partial charge in [0.25, 0.3) is 0 Å². The summed E-state index contributed by atoms with van der Waals surface area (Å²) in [7, 11) is 0. The lowest BCUT2D eigenvalue weighted by Crippen LogP contribution is -2.12. The summed E-state index contributed by atoms with van der Waals surface area (Å²) in [5.74, 6) is 0.889. The first-order valence-electron chi connectivity index (χ1n) is 3.55. The Kier molecular flexibility index (Phi) is 2.26. The summed E-state index contributed by atoms with van der Waals surface area (Å²) in [6.45, 7) is 7.66. The smallest absolute Gasteiger partial charge is 0.137 e. The minimum atomic E-state index is 0.889. The number of hydrogen-bond donors (Lipinski definition) is 1. The second-order valence-corrected chi connectivity index (χ2v) is 2.55. The van der Waals surface area contributed by atoms with Crippen LogP contribution in [-0.4, -0.2) is 5.84 Å². The van der Waals surface area contributed by atoms with E-state index in [2.05, 4.69) is 30.7 Å². The van der Waals surface area contributed by atoms with Crippen molar-refractivity contribution in [2.45, 2.75) is 13.8 Å². The molecule has 0 spiro atoms. The van der Waals surface area contributed by atoms with E-state index in [0.717, 1.165) is 11.4 Å². The van der Waals surface area contributed by atoms with Crippen molar-refractivity contribution in [1.82, 2.24) is 5.32 Å². The average molecular weight is 148 g/mol. The van der Waals surface area contributed by atoms with Crippen LogP contribution >= 0.6 is 0 Å². The maximum atomic E-state index is 4.08. The van der Waals surface area contributed by atoms with Gasteiger partial charge in [-0.05, 0) is 19.9 Å². The summed E-state index contributed by atoms with van der Waals surface area (Å²) in [6, 6.07) is 0. The van der Waals surface area contributed by atoms with Gasteiger partial charge in [0.1, 0.15) is 5.84 Å². The molecule has 0 fully saturated rings. The van der Waals surface area contributed by atoms with Crippen molar-refractivity contribution < 1.29 is 0 Å². The highest BCUT2D eigenvalue weighted by Crippen LogP contribution is 2.10. The van der Waals surface area contributed by atoms with Crippen molar-refractivity contribution in [2.75, 3.05) is 0 Å². The monoisotopic (exact) mass is 148 g/mol. The van der Waals surface area contributed by atoms with E-state index >= 15 is 0 Å². The van der Waals surface area contributed by atoms with Gasteiger partial charge in [-0.3, -0.25) is 0 Å². The zero-order valence-corrected chi connectivity index (χ0v) is 6.89. The number of nitrogens with one attached hydrogen (secondary N) is 1. The Morgan fingerprint density at radius 3 is 2.91 bits per heavy atom. The van der Waals surface area contributed by atoms with E-state index in [9.17, 15) is 0 Å². The highest BCUT2D eigenvalue weighted by Gasteiger charge is 2.08. The molecule has 1 aliphatic rings. The van der Waals surface area contributed by atoms with E-state index in [1.807, 2.05) is 12.3 Å². The molecule has 0 aromatic heterocycles. The van der Waals surface area contributed by atoms with Crippen LogP contribution < -0.4 is 5.32 Å². The van der Waals surface area contributed by atoms with Crippen LogP contribution in [-0.2, 0) is 0 Å². The molecular formula is C9H12N2. The van der Waals surface area contributed by atoms with E-state index in [1.54, 1.807) is 0 Å². The quantitative estimate of drug-likeness (QED) is 0.604. The lowest BCUT2D eigenvalue weighted by molar-refractivity contribution is 1.28. The highest BCUT2D eigenvalue weighted by molar-refractivity contribution is 6.04. The van der Waals surface area contributed by atoms with Gasteiger partial charge in [0.05, 0.1) is 0 Å². The van der Waals surface area contributed by atoms with Gasteiger partial charge in [0.2, 0.25) is 0 Å². The van der Waals surface area contributed by atoms with Crippen LogP contribution in [0.1, 0.15) is 13.8 Å². The molecule has 0 unspecified atom stereocenters. The van der Waals surface area contributed by atoms with Crippen LogP contribution in [0.15, 0.2) is 41.2 Å². The van der Waals surface area contributed by atoms with Crippen LogP contribution in [0.4, 0.5) is 0 Å². The fraction of sp³-hybridized carbons (Fsp3) is 0.222. The first kappa shape index (κ1) is 7.79. The van der Waals surface area contributed by atoms with E-state index < -0.39 is 0 Å². The summed E-state index contributed by atoms with van der Waals surface area (Å²) in [5.41, 5.74) is 2.41. The van der Waals surface area contributed by atoms with E-state index in [0.29, 0.717) is 0 Å². The van der Waals surface area contributed by atoms with Crippen LogP contribution in [0.3, 0.4) is 0 Å². The van der Waals surface area contributed by atoms with Gasteiger partial charge in [-0.2, -0.15) is 0 Å². The lowest BCUT2D eigenvalue weighted by atomic mass is 10.1. The average Bonchev–Trinajstić information content (AvgIpc) is 2.36. The Bertz CT molecular complexity index is 253. The van der Waals surface area contributed by atoms with Gasteiger partial charge in [0.15, 0.2) is 0 Å². The van der Waals surface area contributed by atoms with Crippen LogP contribution in [0.25, 0.3) is 0 Å². The molecule has 11 heavy (non-hydrogen) atoms. The molecule has 1 heterocycles. The fourth-order valence-electron chi connectivity index (χ4n) is 0.962. The van der Waals surface area contributed by atoms with E-state index in [-0.39, 0.29) is 0 Å². The van der Waals surface area contributed by atoms with Crippen LogP contribution in [0.5, 0.6) is 0 Å². The van der Waals surface area contributed by atoms with Gasteiger partial charge in [-0.15, -0.1) is 0 Å². The Labute approximate surface area is 67.0 Å². The minimum absolute atomic E-state index is 0.889. The number of rotatable bonds is 1. The summed E-state index contributed by atoms with van der Waals surface area (Å²) in [5, 5.41) is 3.03. The number of nitrogens with zero attached hydrogens (tertiary/aromatic N) is 1. The van der Waals surface area contributed by atoms with Crippen molar-refractivity contribution in [1.29, 1.82) is 0 Å². The molecular weight excluding hydrogens is 136 g/mol. The molecule has 0 aromatic carbocycles. The maximum Gasteiger partial charge on any atom is 0.137 e. The molecule has 1 aliphatic heterocycles. The van der Waals surface area contributed by atoms with Crippen molar-refractivity contribution in [3.05, 3.63) is 36.2 Å². The lowest BCUT2D eigenvalue weighted by Gasteiger charge is -1.99. The van der Waals surface area contributed by atoms with Crippen molar-refractivity contribution in [3.63, 3.8) is 0 Å². The predicted octanol–water partition coefficient (Wildman–Crippen LogP) is 1.98. The maximum absolute atomic E-state index is 4.08. The third kappa shape index (κ3) is 1.58. The second-order valence-electron chi connectivity index (χ2n) is 2.55. The normalized spacial score (nSPS) is 18.7. The standard InChI is InChI=1S/C9H12N2/c1-4-10-9-8(7(2)3)5-6-11-9/h4-6H,1H2,2-3H3,(H,10,11). The number of amidine groups is 1. The molecule has 0 atom stereocenters. The van der Waals surface area contributed by atoms with Crippen LogP contribution in [0.2, 0.25) is 0 Å². The molecule has 1 N–H and O–H groups in total. The van der Waals surface area contributed by atoms with Gasteiger partial charge < -0.3 is 5.32 Å². The van der Waals surface area contributed by atoms with Gasteiger partial charge in [0, 0.05) is 18.0 Å². The van der Waals surface area contributed by atoms with Crippen molar-refractivity contribution in [2.24, 2.45) is 4.99 Å². The summed E-state index contributed by atoms with van der Waals surface area (Å²) < 4.78 is 0. The molecule has 58 valence electrons. The number of hydrogen-bond acceptors (Lipinski definition) is 1. The largest absolute Gasteiger partial charge is 0.346 e. The predicted molar refractivity (Wildman–Crippen MR) is 48.3 cm³/mol. The molecule has 0 saturated heterocycles. The molecule has 0 saturated carbocycles. The minimum Gasteiger partial charge on any atom is -0.346 e. The summed E-state index contributed by atoms with van der Waals surface area (Å²) in [6.07, 6.45) is 5.43. The third-order valence-electron chi connectivity index (χ3n) is 1.48. The molecule has 0 radical (unpaired) electrons. The van der Waals surface area contributed by atoms with Crippen molar-refractivity contribution in [3.8, 4) is 0 Å². The number of aliphatic imine (C=N–C) groups is 1. The molecule has 0 bridgehead atoms. The summed E-state index contributed by atoms with van der Waals surface area (Å²) in [4.78, 5) is 4.08.